The molecule has 5 atom stereocenters. The zero-order valence-electron chi connectivity index (χ0n) is 19.0. The maximum atomic E-state index is 12.5. The van der Waals surface area contributed by atoms with E-state index in [-0.39, 0.29) is 22.0 Å². The number of hydrogen-bond donors (Lipinski definition) is 7. The number of rotatable bonds is 8. The molecule has 1 fully saturated rings. The number of ether oxygens (including phenoxy) is 1. The second-order valence-electron chi connectivity index (χ2n) is 8.11. The van der Waals surface area contributed by atoms with Crippen molar-refractivity contribution in [2.24, 2.45) is 0 Å². The second kappa shape index (κ2) is 12.4. The zero-order chi connectivity index (χ0) is 27.3. The van der Waals surface area contributed by atoms with E-state index in [1.54, 1.807) is 10.8 Å². The summed E-state index contributed by atoms with van der Waals surface area (Å²) < 4.78 is 31.7. The normalized spacial score (nSPS) is 23.8. The van der Waals surface area contributed by atoms with Crippen LogP contribution in [0.3, 0.4) is 0 Å². The van der Waals surface area contributed by atoms with Gasteiger partial charge in [0.15, 0.2) is 6.29 Å². The predicted molar refractivity (Wildman–Crippen MR) is 132 cm³/mol. The van der Waals surface area contributed by atoms with Crippen LogP contribution in [0.2, 0.25) is 10.0 Å². The van der Waals surface area contributed by atoms with Gasteiger partial charge in [-0.1, -0.05) is 35.3 Å². The molecule has 3 amide bonds. The Kier molecular flexibility index (Phi) is 9.72. The lowest BCUT2D eigenvalue weighted by Gasteiger charge is -2.40. The first-order valence-electron chi connectivity index (χ1n) is 10.9. The maximum Gasteiger partial charge on any atom is 0.329 e. The van der Waals surface area contributed by atoms with Crippen molar-refractivity contribution >= 4 is 45.2 Å². The smallest absolute Gasteiger partial charge is 0.329 e. The van der Waals surface area contributed by atoms with Crippen molar-refractivity contribution in [2.45, 2.75) is 42.0 Å². The predicted octanol–water partition coefficient (Wildman–Crippen LogP) is -0.246. The molecule has 37 heavy (non-hydrogen) atoms. The molecule has 0 aliphatic carbocycles. The summed E-state index contributed by atoms with van der Waals surface area (Å²) in [5.41, 5.74) is 0.961. The number of hydrogen-bond acceptors (Lipinski definition) is 9. The topological polar surface area (TPSA) is 195 Å². The van der Waals surface area contributed by atoms with Crippen LogP contribution in [0.25, 0.3) is 0 Å². The SMILES string of the molecule is O=C(NC1C(O)OC(CO)C(O)C1O)NS(=O)(=O)c1ccc(CCNC(=O)c2ccc(Cl)cc2Cl)cc1. The fraction of sp³-hybridized carbons (Fsp3) is 0.364. The first-order valence-corrected chi connectivity index (χ1v) is 13.1. The van der Waals surface area contributed by atoms with Gasteiger partial charge in [-0.25, -0.2) is 17.9 Å². The van der Waals surface area contributed by atoms with Crippen LogP contribution in [0.5, 0.6) is 0 Å². The van der Waals surface area contributed by atoms with Gasteiger partial charge < -0.3 is 35.8 Å². The van der Waals surface area contributed by atoms with Crippen LogP contribution in [0.1, 0.15) is 15.9 Å². The third-order valence-electron chi connectivity index (χ3n) is 5.53. The molecule has 0 saturated carbocycles. The fourth-order valence-electron chi connectivity index (χ4n) is 3.54. The van der Waals surface area contributed by atoms with E-state index >= 15 is 0 Å². The van der Waals surface area contributed by atoms with Gasteiger partial charge in [0.05, 0.1) is 22.1 Å². The summed E-state index contributed by atoms with van der Waals surface area (Å²) in [6.45, 7) is -0.455. The molecule has 1 heterocycles. The lowest BCUT2D eigenvalue weighted by atomic mass is 9.97. The average molecular weight is 578 g/mol. The van der Waals surface area contributed by atoms with Gasteiger partial charge in [-0.3, -0.25) is 4.79 Å². The summed E-state index contributed by atoms with van der Waals surface area (Å²) in [4.78, 5) is 24.2. The number of carbonyl (C=O) groups excluding carboxylic acids is 2. The Bertz CT molecular complexity index is 1230. The van der Waals surface area contributed by atoms with Crippen LogP contribution in [-0.2, 0) is 21.2 Å². The molecular weight excluding hydrogens is 553 g/mol. The monoisotopic (exact) mass is 577 g/mol. The van der Waals surface area contributed by atoms with Gasteiger partial charge in [0.25, 0.3) is 15.9 Å². The highest BCUT2D eigenvalue weighted by molar-refractivity contribution is 7.90. The molecule has 3 rings (SSSR count). The zero-order valence-corrected chi connectivity index (χ0v) is 21.4. The lowest BCUT2D eigenvalue weighted by molar-refractivity contribution is -0.252. The standard InChI is InChI=1S/C22H25Cl2N3O9S/c23-12-3-6-14(15(24)9-12)20(31)25-8-7-11-1-4-13(5-2-11)37(34,35)27-22(33)26-17-19(30)18(29)16(10-28)36-21(17)32/h1-6,9,16-19,21,28-30,32H,7-8,10H2,(H,25,31)(H2,26,27,33). The minimum absolute atomic E-state index is 0.210. The molecule has 7 N–H and O–H groups in total. The summed E-state index contributed by atoms with van der Waals surface area (Å²) >= 11 is 11.8. The van der Waals surface area contributed by atoms with Crippen LogP contribution in [0.4, 0.5) is 4.79 Å². The summed E-state index contributed by atoms with van der Waals surface area (Å²) in [5, 5.41) is 44.3. The molecule has 202 valence electrons. The molecule has 1 aliphatic heterocycles. The van der Waals surface area contributed by atoms with E-state index in [1.165, 1.54) is 36.4 Å². The Hall–Kier alpha value is -2.49. The molecule has 0 bridgehead atoms. The molecule has 0 spiro atoms. The number of carbonyl (C=O) groups is 2. The lowest BCUT2D eigenvalue weighted by Crippen LogP contribution is -2.65. The van der Waals surface area contributed by atoms with E-state index in [2.05, 4.69) is 5.32 Å². The molecule has 1 saturated heterocycles. The van der Waals surface area contributed by atoms with Crippen molar-refractivity contribution in [1.82, 2.24) is 15.4 Å². The largest absolute Gasteiger partial charge is 0.394 e. The van der Waals surface area contributed by atoms with Crippen LogP contribution >= 0.6 is 23.2 Å². The number of nitrogens with one attached hydrogen (secondary N) is 3. The molecule has 1 aliphatic rings. The second-order valence-corrected chi connectivity index (χ2v) is 10.6. The number of halogens is 2. The van der Waals surface area contributed by atoms with Crippen molar-refractivity contribution in [3.8, 4) is 0 Å². The quantitative estimate of drug-likeness (QED) is 0.221. The fourth-order valence-corrected chi connectivity index (χ4v) is 4.95. The Morgan fingerprint density at radius 2 is 1.68 bits per heavy atom. The molecule has 15 heteroatoms. The molecule has 0 aromatic heterocycles. The van der Waals surface area contributed by atoms with Crippen molar-refractivity contribution in [2.75, 3.05) is 13.2 Å². The Morgan fingerprint density at radius 3 is 2.30 bits per heavy atom. The van der Waals surface area contributed by atoms with Crippen LogP contribution in [0, 0.1) is 0 Å². The Labute approximate surface area is 222 Å². The summed E-state index contributed by atoms with van der Waals surface area (Å²) in [6, 6.07) is 7.16. The first-order chi connectivity index (χ1) is 17.4. The minimum atomic E-state index is -4.33. The average Bonchev–Trinajstić information content (AvgIpc) is 2.84. The van der Waals surface area contributed by atoms with Crippen molar-refractivity contribution in [1.29, 1.82) is 0 Å². The van der Waals surface area contributed by atoms with E-state index in [0.717, 1.165) is 0 Å². The van der Waals surface area contributed by atoms with Crippen molar-refractivity contribution < 1.29 is 43.2 Å². The van der Waals surface area contributed by atoms with E-state index < -0.39 is 59.2 Å². The van der Waals surface area contributed by atoms with Crippen LogP contribution < -0.4 is 15.4 Å². The minimum Gasteiger partial charge on any atom is -0.394 e. The Morgan fingerprint density at radius 1 is 1.00 bits per heavy atom. The number of benzene rings is 2. The summed E-state index contributed by atoms with van der Waals surface area (Å²) in [5.74, 6) is -0.394. The highest BCUT2D eigenvalue weighted by Crippen LogP contribution is 2.21. The number of aliphatic hydroxyl groups excluding tert-OH is 4. The van der Waals surface area contributed by atoms with Gasteiger partial charge in [-0.2, -0.15) is 0 Å². The van der Waals surface area contributed by atoms with Gasteiger partial charge in [0, 0.05) is 11.6 Å². The van der Waals surface area contributed by atoms with E-state index in [0.29, 0.717) is 17.0 Å². The van der Waals surface area contributed by atoms with E-state index in [4.69, 9.17) is 33.0 Å². The summed E-state index contributed by atoms with van der Waals surface area (Å²) in [7, 11) is -4.33. The highest BCUT2D eigenvalue weighted by Gasteiger charge is 2.44. The molecule has 5 unspecified atom stereocenters. The van der Waals surface area contributed by atoms with Gasteiger partial charge in [-0.05, 0) is 42.3 Å². The molecule has 2 aromatic carbocycles. The van der Waals surface area contributed by atoms with Gasteiger partial charge in [0.2, 0.25) is 0 Å². The van der Waals surface area contributed by atoms with Gasteiger partial charge in [0.1, 0.15) is 24.4 Å². The van der Waals surface area contributed by atoms with E-state index in [1.807, 2.05) is 5.32 Å². The number of aliphatic hydroxyl groups is 4. The number of amides is 3. The van der Waals surface area contributed by atoms with Crippen molar-refractivity contribution in [3.63, 3.8) is 0 Å². The molecule has 0 radical (unpaired) electrons. The van der Waals surface area contributed by atoms with Gasteiger partial charge in [-0.15, -0.1) is 0 Å². The van der Waals surface area contributed by atoms with E-state index in [9.17, 15) is 33.3 Å². The van der Waals surface area contributed by atoms with Crippen molar-refractivity contribution in [3.05, 3.63) is 63.6 Å². The highest BCUT2D eigenvalue weighted by atomic mass is 35.5. The molecular formula is C22H25Cl2N3O9S. The third-order valence-corrected chi connectivity index (χ3v) is 7.43. The third kappa shape index (κ3) is 7.30. The Balaban J connectivity index is 1.53. The maximum absolute atomic E-state index is 12.5. The van der Waals surface area contributed by atoms with Crippen LogP contribution in [0.15, 0.2) is 47.4 Å². The first kappa shape index (κ1) is 29.1. The number of urea groups is 1. The summed E-state index contributed by atoms with van der Waals surface area (Å²) in [6.07, 6.45) is -6.07. The van der Waals surface area contributed by atoms with Crippen LogP contribution in [-0.4, -0.2) is 84.6 Å². The van der Waals surface area contributed by atoms with Gasteiger partial charge >= 0.3 is 6.03 Å². The number of sulfonamides is 1. The molecule has 12 nitrogen and oxygen atoms in total. The molecule has 2 aromatic rings.